The Morgan fingerprint density at radius 1 is 1.38 bits per heavy atom. The summed E-state index contributed by atoms with van der Waals surface area (Å²) in [7, 11) is 0. The maximum Gasteiger partial charge on any atom is 0.152 e. The summed E-state index contributed by atoms with van der Waals surface area (Å²) in [6, 6.07) is 7.79. The number of hydrogen-bond acceptors (Lipinski definition) is 4. The molecule has 5 heteroatoms. The molecule has 0 amide bonds. The van der Waals surface area contributed by atoms with E-state index in [1.165, 1.54) is 0 Å². The fraction of sp³-hybridized carbons (Fsp3) is 0.500. The lowest BCUT2D eigenvalue weighted by Gasteiger charge is -2.29. The van der Waals surface area contributed by atoms with Crippen molar-refractivity contribution < 1.29 is 13.9 Å². The van der Waals surface area contributed by atoms with Gasteiger partial charge in [-0.1, -0.05) is 30.7 Å². The van der Waals surface area contributed by atoms with Gasteiger partial charge < -0.3 is 19.2 Å². The fourth-order valence-corrected chi connectivity index (χ4v) is 2.83. The molecular weight excluding hydrogens is 290 g/mol. The van der Waals surface area contributed by atoms with Crippen LogP contribution in [0.4, 0.5) is 0 Å². The van der Waals surface area contributed by atoms with Crippen LogP contribution in [0, 0.1) is 0 Å². The molecular formula is C16H20ClNO3. The van der Waals surface area contributed by atoms with E-state index >= 15 is 0 Å². The van der Waals surface area contributed by atoms with Crippen LogP contribution < -0.4 is 5.32 Å². The van der Waals surface area contributed by atoms with Gasteiger partial charge in [0, 0.05) is 5.39 Å². The van der Waals surface area contributed by atoms with E-state index in [0.29, 0.717) is 24.8 Å². The molecule has 0 radical (unpaired) electrons. The molecule has 1 aliphatic rings. The van der Waals surface area contributed by atoms with Gasteiger partial charge in [0.25, 0.3) is 0 Å². The van der Waals surface area contributed by atoms with Crippen LogP contribution in [0.25, 0.3) is 11.0 Å². The number of rotatable bonds is 5. The lowest BCUT2D eigenvalue weighted by molar-refractivity contribution is -0.104. The highest BCUT2D eigenvalue weighted by Gasteiger charge is 2.29. The molecule has 2 atom stereocenters. The highest BCUT2D eigenvalue weighted by molar-refractivity contribution is 6.34. The van der Waals surface area contributed by atoms with Crippen molar-refractivity contribution >= 4 is 22.6 Å². The fourth-order valence-electron chi connectivity index (χ4n) is 2.61. The Hall–Kier alpha value is -1.07. The Kier molecular flexibility index (Phi) is 4.80. The molecule has 2 aromatic rings. The molecule has 2 heterocycles. The lowest BCUT2D eigenvalue weighted by atomic mass is 10.1. The summed E-state index contributed by atoms with van der Waals surface area (Å²) >= 11 is 6.20. The molecule has 0 bridgehead atoms. The van der Waals surface area contributed by atoms with Gasteiger partial charge in [-0.05, 0) is 25.1 Å². The topological polar surface area (TPSA) is 43.6 Å². The molecule has 0 spiro atoms. The molecule has 1 N–H and O–H groups in total. The van der Waals surface area contributed by atoms with E-state index in [4.69, 9.17) is 25.5 Å². The van der Waals surface area contributed by atoms with Crippen molar-refractivity contribution in [3.8, 4) is 0 Å². The molecule has 114 valence electrons. The largest absolute Gasteiger partial charge is 0.458 e. The van der Waals surface area contributed by atoms with Gasteiger partial charge >= 0.3 is 0 Å². The van der Waals surface area contributed by atoms with Crippen LogP contribution in [0.1, 0.15) is 25.1 Å². The van der Waals surface area contributed by atoms with Crippen molar-refractivity contribution in [1.29, 1.82) is 0 Å². The second kappa shape index (κ2) is 6.79. The Morgan fingerprint density at radius 2 is 2.29 bits per heavy atom. The Bertz CT molecular complexity index is 592. The highest BCUT2D eigenvalue weighted by Crippen LogP contribution is 2.31. The third kappa shape index (κ3) is 3.24. The van der Waals surface area contributed by atoms with Gasteiger partial charge in [0.15, 0.2) is 5.58 Å². The van der Waals surface area contributed by atoms with Crippen molar-refractivity contribution in [2.75, 3.05) is 26.4 Å². The van der Waals surface area contributed by atoms with Crippen LogP contribution in [0.15, 0.2) is 28.7 Å². The van der Waals surface area contributed by atoms with Crippen LogP contribution in [-0.4, -0.2) is 32.5 Å². The van der Waals surface area contributed by atoms with E-state index in [0.717, 1.165) is 29.7 Å². The minimum atomic E-state index is -0.0374. The van der Waals surface area contributed by atoms with Gasteiger partial charge in [-0.15, -0.1) is 0 Å². The van der Waals surface area contributed by atoms with E-state index < -0.39 is 0 Å². The molecule has 1 aromatic carbocycles. The summed E-state index contributed by atoms with van der Waals surface area (Å²) < 4.78 is 17.3. The SMILES string of the molecule is CCCNC(c1cc2cccc(Cl)c2o1)C1COCCO1. The average molecular weight is 310 g/mol. The summed E-state index contributed by atoms with van der Waals surface area (Å²) in [5.41, 5.74) is 0.731. The Balaban J connectivity index is 1.90. The normalized spacial score (nSPS) is 20.8. The zero-order chi connectivity index (χ0) is 14.7. The van der Waals surface area contributed by atoms with Gasteiger partial charge in [-0.2, -0.15) is 0 Å². The van der Waals surface area contributed by atoms with Crippen LogP contribution in [0.5, 0.6) is 0 Å². The summed E-state index contributed by atoms with van der Waals surface area (Å²) in [5, 5.41) is 5.14. The number of nitrogens with one attached hydrogen (secondary N) is 1. The van der Waals surface area contributed by atoms with E-state index in [2.05, 4.69) is 12.2 Å². The quantitative estimate of drug-likeness (QED) is 0.917. The zero-order valence-electron chi connectivity index (χ0n) is 12.1. The zero-order valence-corrected chi connectivity index (χ0v) is 12.9. The molecule has 0 aliphatic carbocycles. The number of ether oxygens (including phenoxy) is 2. The standard InChI is InChI=1S/C16H20ClNO3/c1-2-6-18-15(14-10-19-7-8-20-14)13-9-11-4-3-5-12(17)16(11)21-13/h3-5,9,14-15,18H,2,6-8,10H2,1H3. The van der Waals surface area contributed by atoms with Gasteiger partial charge in [-0.3, -0.25) is 0 Å². The van der Waals surface area contributed by atoms with Crippen LogP contribution >= 0.6 is 11.6 Å². The van der Waals surface area contributed by atoms with Crippen molar-refractivity contribution in [3.05, 3.63) is 35.0 Å². The first kappa shape index (κ1) is 14.9. The average Bonchev–Trinajstić information content (AvgIpc) is 2.94. The molecule has 4 nitrogen and oxygen atoms in total. The first-order valence-corrected chi connectivity index (χ1v) is 7.78. The minimum absolute atomic E-state index is 0.0197. The van der Waals surface area contributed by atoms with E-state index in [9.17, 15) is 0 Å². The Labute approximate surface area is 129 Å². The third-order valence-electron chi connectivity index (χ3n) is 3.65. The van der Waals surface area contributed by atoms with Gasteiger partial charge in [0.1, 0.15) is 11.9 Å². The third-order valence-corrected chi connectivity index (χ3v) is 3.95. The van der Waals surface area contributed by atoms with E-state index in [1.54, 1.807) is 0 Å². The molecule has 2 unspecified atom stereocenters. The first-order chi connectivity index (χ1) is 10.3. The monoisotopic (exact) mass is 309 g/mol. The number of hydrogen-bond donors (Lipinski definition) is 1. The minimum Gasteiger partial charge on any atom is -0.458 e. The van der Waals surface area contributed by atoms with Crippen molar-refractivity contribution in [2.24, 2.45) is 0 Å². The molecule has 1 aliphatic heterocycles. The molecule has 0 saturated carbocycles. The molecule has 21 heavy (non-hydrogen) atoms. The van der Waals surface area contributed by atoms with Crippen LogP contribution in [0.3, 0.4) is 0 Å². The van der Waals surface area contributed by atoms with Crippen molar-refractivity contribution in [1.82, 2.24) is 5.32 Å². The molecule has 1 fully saturated rings. The van der Waals surface area contributed by atoms with Crippen LogP contribution in [0.2, 0.25) is 5.02 Å². The highest BCUT2D eigenvalue weighted by atomic mass is 35.5. The maximum atomic E-state index is 6.20. The smallest absolute Gasteiger partial charge is 0.152 e. The summed E-state index contributed by atoms with van der Waals surface area (Å²) in [6.07, 6.45) is 1.01. The molecule has 1 aromatic heterocycles. The van der Waals surface area contributed by atoms with Crippen molar-refractivity contribution in [2.45, 2.75) is 25.5 Å². The number of fused-ring (bicyclic) bond motifs is 1. The molecule has 3 rings (SSSR count). The van der Waals surface area contributed by atoms with Gasteiger partial charge in [0.2, 0.25) is 0 Å². The Morgan fingerprint density at radius 3 is 3.00 bits per heavy atom. The predicted octanol–water partition coefficient (Wildman–Crippen LogP) is 3.54. The second-order valence-electron chi connectivity index (χ2n) is 5.22. The van der Waals surface area contributed by atoms with Gasteiger partial charge in [-0.25, -0.2) is 0 Å². The predicted molar refractivity (Wildman–Crippen MR) is 82.8 cm³/mol. The van der Waals surface area contributed by atoms with Crippen LogP contribution in [-0.2, 0) is 9.47 Å². The number of benzene rings is 1. The number of furan rings is 1. The first-order valence-electron chi connectivity index (χ1n) is 7.40. The lowest BCUT2D eigenvalue weighted by Crippen LogP contribution is -2.40. The van der Waals surface area contributed by atoms with E-state index in [-0.39, 0.29) is 12.1 Å². The van der Waals surface area contributed by atoms with Gasteiger partial charge in [0.05, 0.1) is 30.9 Å². The second-order valence-corrected chi connectivity index (χ2v) is 5.63. The maximum absolute atomic E-state index is 6.20. The summed E-state index contributed by atoms with van der Waals surface area (Å²) in [6.45, 7) is 4.89. The summed E-state index contributed by atoms with van der Waals surface area (Å²) in [5.74, 6) is 0.849. The number of halogens is 1. The van der Waals surface area contributed by atoms with Crippen molar-refractivity contribution in [3.63, 3.8) is 0 Å². The van der Waals surface area contributed by atoms with E-state index in [1.807, 2.05) is 24.3 Å². The molecule has 1 saturated heterocycles. The number of para-hydroxylation sites is 1. The summed E-state index contributed by atoms with van der Waals surface area (Å²) in [4.78, 5) is 0.